The predicted octanol–water partition coefficient (Wildman–Crippen LogP) is 2.02. The SMILES string of the molecule is CCOC(=O)c1c(OC)cc(F)cc1OC. The van der Waals surface area contributed by atoms with E-state index in [0.717, 1.165) is 12.1 Å². The van der Waals surface area contributed by atoms with Crippen molar-refractivity contribution in [2.45, 2.75) is 6.92 Å². The highest BCUT2D eigenvalue weighted by molar-refractivity contribution is 5.95. The van der Waals surface area contributed by atoms with Crippen molar-refractivity contribution in [3.63, 3.8) is 0 Å². The Kier molecular flexibility index (Phi) is 4.10. The van der Waals surface area contributed by atoms with E-state index >= 15 is 0 Å². The lowest BCUT2D eigenvalue weighted by Crippen LogP contribution is -2.09. The number of benzene rings is 1. The van der Waals surface area contributed by atoms with E-state index in [1.807, 2.05) is 0 Å². The third-order valence-electron chi connectivity index (χ3n) is 1.95. The average Bonchev–Trinajstić information content (AvgIpc) is 2.27. The highest BCUT2D eigenvalue weighted by Crippen LogP contribution is 2.30. The van der Waals surface area contributed by atoms with E-state index in [1.54, 1.807) is 6.92 Å². The monoisotopic (exact) mass is 228 g/mol. The summed E-state index contributed by atoms with van der Waals surface area (Å²) in [6, 6.07) is 2.21. The molecule has 1 aromatic carbocycles. The molecule has 0 saturated heterocycles. The molecule has 88 valence electrons. The minimum atomic E-state index is -0.601. The topological polar surface area (TPSA) is 44.8 Å². The maximum atomic E-state index is 13.1. The molecule has 0 aliphatic rings. The van der Waals surface area contributed by atoms with Crippen LogP contribution in [0.25, 0.3) is 0 Å². The van der Waals surface area contributed by atoms with Crippen LogP contribution in [0, 0.1) is 5.82 Å². The predicted molar refractivity (Wildman–Crippen MR) is 55.5 cm³/mol. The number of halogens is 1. The quantitative estimate of drug-likeness (QED) is 0.739. The van der Waals surface area contributed by atoms with E-state index in [9.17, 15) is 9.18 Å². The number of methoxy groups -OCH3 is 2. The summed E-state index contributed by atoms with van der Waals surface area (Å²) in [5.41, 5.74) is 0.0910. The molecule has 4 nitrogen and oxygen atoms in total. The fourth-order valence-corrected chi connectivity index (χ4v) is 1.28. The van der Waals surface area contributed by atoms with Crippen LogP contribution in [0.2, 0.25) is 0 Å². The lowest BCUT2D eigenvalue weighted by molar-refractivity contribution is 0.0519. The van der Waals surface area contributed by atoms with E-state index in [-0.39, 0.29) is 23.7 Å². The standard InChI is InChI=1S/C11H13FO4/c1-4-16-11(13)10-8(14-2)5-7(12)6-9(10)15-3/h5-6H,4H2,1-3H3. The van der Waals surface area contributed by atoms with E-state index in [1.165, 1.54) is 14.2 Å². The molecule has 0 bridgehead atoms. The molecular weight excluding hydrogens is 215 g/mol. The Labute approximate surface area is 92.9 Å². The van der Waals surface area contributed by atoms with E-state index in [0.29, 0.717) is 0 Å². The van der Waals surface area contributed by atoms with Gasteiger partial charge in [0.2, 0.25) is 0 Å². The maximum absolute atomic E-state index is 13.1. The molecule has 0 unspecified atom stereocenters. The van der Waals surface area contributed by atoms with Crippen molar-refractivity contribution in [1.82, 2.24) is 0 Å². The van der Waals surface area contributed by atoms with Crippen LogP contribution in [-0.2, 0) is 4.74 Å². The smallest absolute Gasteiger partial charge is 0.345 e. The molecule has 0 radical (unpaired) electrons. The molecule has 0 heterocycles. The van der Waals surface area contributed by atoms with Crippen LogP contribution in [0.4, 0.5) is 4.39 Å². The molecule has 0 atom stereocenters. The fourth-order valence-electron chi connectivity index (χ4n) is 1.28. The summed E-state index contributed by atoms with van der Waals surface area (Å²) in [5.74, 6) is -0.955. The van der Waals surface area contributed by atoms with Crippen molar-refractivity contribution in [2.24, 2.45) is 0 Å². The highest BCUT2D eigenvalue weighted by atomic mass is 19.1. The molecule has 1 aromatic rings. The normalized spacial score (nSPS) is 9.75. The molecule has 0 fully saturated rings. The van der Waals surface area contributed by atoms with Crippen molar-refractivity contribution in [1.29, 1.82) is 0 Å². The summed E-state index contributed by atoms with van der Waals surface area (Å²) in [7, 11) is 2.69. The Hall–Kier alpha value is -1.78. The fraction of sp³-hybridized carbons (Fsp3) is 0.364. The van der Waals surface area contributed by atoms with Gasteiger partial charge in [-0.3, -0.25) is 0 Å². The molecule has 16 heavy (non-hydrogen) atoms. The van der Waals surface area contributed by atoms with Crippen molar-refractivity contribution in [3.8, 4) is 11.5 Å². The highest BCUT2D eigenvalue weighted by Gasteiger charge is 2.20. The first-order valence-electron chi connectivity index (χ1n) is 4.72. The molecule has 1 rings (SSSR count). The Morgan fingerprint density at radius 1 is 1.25 bits per heavy atom. The van der Waals surface area contributed by atoms with Gasteiger partial charge in [-0.25, -0.2) is 9.18 Å². The summed E-state index contributed by atoms with van der Waals surface area (Å²) >= 11 is 0. The molecule has 0 spiro atoms. The molecule has 0 amide bonds. The van der Waals surface area contributed by atoms with Gasteiger partial charge in [0, 0.05) is 12.1 Å². The van der Waals surface area contributed by atoms with Gasteiger partial charge in [-0.05, 0) is 6.92 Å². The van der Waals surface area contributed by atoms with Gasteiger partial charge >= 0.3 is 5.97 Å². The van der Waals surface area contributed by atoms with Gasteiger partial charge in [0.25, 0.3) is 0 Å². The second-order valence-electron chi connectivity index (χ2n) is 2.91. The average molecular weight is 228 g/mol. The van der Waals surface area contributed by atoms with Gasteiger partial charge in [-0.1, -0.05) is 0 Å². The summed E-state index contributed by atoms with van der Waals surface area (Å²) in [6.07, 6.45) is 0. The second-order valence-corrected chi connectivity index (χ2v) is 2.91. The molecule has 0 aliphatic heterocycles. The van der Waals surface area contributed by atoms with Crippen molar-refractivity contribution < 1.29 is 23.4 Å². The van der Waals surface area contributed by atoms with Gasteiger partial charge in [0.15, 0.2) is 0 Å². The zero-order valence-corrected chi connectivity index (χ0v) is 9.37. The van der Waals surface area contributed by atoms with Crippen LogP contribution in [0.3, 0.4) is 0 Å². The largest absolute Gasteiger partial charge is 0.496 e. The number of hydrogen-bond donors (Lipinski definition) is 0. The van der Waals surface area contributed by atoms with Crippen molar-refractivity contribution >= 4 is 5.97 Å². The van der Waals surface area contributed by atoms with Gasteiger partial charge in [-0.15, -0.1) is 0 Å². The first-order valence-corrected chi connectivity index (χ1v) is 4.72. The van der Waals surface area contributed by atoms with Crippen LogP contribution in [0.5, 0.6) is 11.5 Å². The minimum Gasteiger partial charge on any atom is -0.496 e. The van der Waals surface area contributed by atoms with Crippen molar-refractivity contribution in [2.75, 3.05) is 20.8 Å². The second kappa shape index (κ2) is 5.34. The lowest BCUT2D eigenvalue weighted by Gasteiger charge is -2.12. The third-order valence-corrected chi connectivity index (χ3v) is 1.95. The summed E-state index contributed by atoms with van der Waals surface area (Å²) in [5, 5.41) is 0. The Morgan fingerprint density at radius 3 is 2.12 bits per heavy atom. The van der Waals surface area contributed by atoms with Gasteiger partial charge < -0.3 is 14.2 Å². The molecule has 0 saturated carbocycles. The molecule has 0 N–H and O–H groups in total. The Bertz CT molecular complexity index is 365. The number of esters is 1. The van der Waals surface area contributed by atoms with Crippen LogP contribution < -0.4 is 9.47 Å². The van der Waals surface area contributed by atoms with Crippen LogP contribution >= 0.6 is 0 Å². The van der Waals surface area contributed by atoms with E-state index in [2.05, 4.69) is 0 Å². The summed E-state index contributed by atoms with van der Waals surface area (Å²) < 4.78 is 27.8. The number of carbonyl (C=O) groups excluding carboxylic acids is 1. The molecular formula is C11H13FO4. The zero-order chi connectivity index (χ0) is 12.1. The van der Waals surface area contributed by atoms with Gasteiger partial charge in [0.05, 0.1) is 20.8 Å². The molecule has 5 heteroatoms. The van der Waals surface area contributed by atoms with Gasteiger partial charge in [-0.2, -0.15) is 0 Å². The first kappa shape index (κ1) is 12.3. The zero-order valence-electron chi connectivity index (χ0n) is 9.37. The van der Waals surface area contributed by atoms with Gasteiger partial charge in [0.1, 0.15) is 22.9 Å². The minimum absolute atomic E-state index is 0.0910. The first-order chi connectivity index (χ1) is 7.63. The molecule has 0 aliphatic carbocycles. The summed E-state index contributed by atoms with van der Waals surface area (Å²) in [6.45, 7) is 1.91. The number of hydrogen-bond acceptors (Lipinski definition) is 4. The van der Waals surface area contributed by atoms with E-state index in [4.69, 9.17) is 14.2 Å². The van der Waals surface area contributed by atoms with Crippen LogP contribution in [0.1, 0.15) is 17.3 Å². The van der Waals surface area contributed by atoms with Crippen LogP contribution in [0.15, 0.2) is 12.1 Å². The Balaban J connectivity index is 3.27. The Morgan fingerprint density at radius 2 is 1.75 bits per heavy atom. The number of carbonyl (C=O) groups is 1. The number of ether oxygens (including phenoxy) is 3. The maximum Gasteiger partial charge on any atom is 0.345 e. The lowest BCUT2D eigenvalue weighted by atomic mass is 10.1. The van der Waals surface area contributed by atoms with Crippen LogP contribution in [-0.4, -0.2) is 26.8 Å². The van der Waals surface area contributed by atoms with Crippen molar-refractivity contribution in [3.05, 3.63) is 23.5 Å². The third kappa shape index (κ3) is 2.42. The molecule has 0 aromatic heterocycles. The van der Waals surface area contributed by atoms with E-state index < -0.39 is 11.8 Å². The number of rotatable bonds is 4. The summed E-state index contributed by atoms with van der Waals surface area (Å²) in [4.78, 5) is 11.6.